The molecule has 28 heavy (non-hydrogen) atoms. The minimum absolute atomic E-state index is 0.551. The lowest BCUT2D eigenvalue weighted by atomic mass is 10.1. The number of ether oxygens (including phenoxy) is 3. The van der Waals surface area contributed by atoms with Crippen molar-refractivity contribution in [3.8, 4) is 17.2 Å². The van der Waals surface area contributed by atoms with Crippen molar-refractivity contribution in [1.82, 2.24) is 9.97 Å². The smallest absolute Gasteiger partial charge is 0.224 e. The van der Waals surface area contributed by atoms with Gasteiger partial charge < -0.3 is 24.8 Å². The van der Waals surface area contributed by atoms with Gasteiger partial charge in [-0.2, -0.15) is 4.98 Å². The molecule has 0 saturated heterocycles. The molecule has 0 saturated carbocycles. The Labute approximate surface area is 164 Å². The van der Waals surface area contributed by atoms with Gasteiger partial charge in [0.2, 0.25) is 5.95 Å². The van der Waals surface area contributed by atoms with Gasteiger partial charge in [-0.05, 0) is 42.3 Å². The highest BCUT2D eigenvalue weighted by atomic mass is 16.5. The molecular weight excluding hydrogens is 356 g/mol. The normalized spacial score (nSPS) is 10.2. The van der Waals surface area contributed by atoms with Crippen molar-refractivity contribution in [3.63, 3.8) is 0 Å². The van der Waals surface area contributed by atoms with Gasteiger partial charge in [0.1, 0.15) is 23.1 Å². The van der Waals surface area contributed by atoms with Crippen LogP contribution in [0.25, 0.3) is 0 Å². The molecule has 7 heteroatoms. The fourth-order valence-corrected chi connectivity index (χ4v) is 2.71. The van der Waals surface area contributed by atoms with Crippen molar-refractivity contribution in [1.29, 1.82) is 0 Å². The van der Waals surface area contributed by atoms with Gasteiger partial charge in [-0.15, -0.1) is 0 Å². The fourth-order valence-electron chi connectivity index (χ4n) is 2.71. The first kappa shape index (κ1) is 19.3. The quantitative estimate of drug-likeness (QED) is 0.583. The van der Waals surface area contributed by atoms with Crippen LogP contribution in [0.2, 0.25) is 0 Å². The summed E-state index contributed by atoms with van der Waals surface area (Å²) in [6.07, 6.45) is 2.54. The van der Waals surface area contributed by atoms with Crippen LogP contribution in [0, 0.1) is 0 Å². The van der Waals surface area contributed by atoms with E-state index in [0.29, 0.717) is 24.1 Å². The predicted octanol–water partition coefficient (Wildman–Crippen LogP) is 3.90. The van der Waals surface area contributed by atoms with Crippen molar-refractivity contribution < 1.29 is 14.2 Å². The SMILES string of the molecule is COc1cccc(CCNc2nccc(Nc3cc(OC)ccc3OC)n2)c1. The maximum atomic E-state index is 5.39. The molecule has 0 aliphatic heterocycles. The summed E-state index contributed by atoms with van der Waals surface area (Å²) in [4.78, 5) is 8.79. The van der Waals surface area contributed by atoms with Crippen LogP contribution in [0.15, 0.2) is 54.7 Å². The topological polar surface area (TPSA) is 77.5 Å². The average Bonchev–Trinajstić information content (AvgIpc) is 2.74. The van der Waals surface area contributed by atoms with E-state index in [1.807, 2.05) is 36.4 Å². The zero-order valence-electron chi connectivity index (χ0n) is 16.2. The van der Waals surface area contributed by atoms with Gasteiger partial charge in [0.05, 0.1) is 27.0 Å². The molecule has 0 fully saturated rings. The molecule has 2 N–H and O–H groups in total. The Morgan fingerprint density at radius 2 is 1.71 bits per heavy atom. The van der Waals surface area contributed by atoms with E-state index in [1.165, 1.54) is 5.56 Å². The molecule has 0 amide bonds. The van der Waals surface area contributed by atoms with Crippen LogP contribution in [0.5, 0.6) is 17.2 Å². The summed E-state index contributed by atoms with van der Waals surface area (Å²) in [7, 11) is 4.92. The molecule has 0 unspecified atom stereocenters. The highest BCUT2D eigenvalue weighted by Crippen LogP contribution is 2.31. The van der Waals surface area contributed by atoms with E-state index < -0.39 is 0 Å². The number of hydrogen-bond acceptors (Lipinski definition) is 7. The second-order valence-corrected chi connectivity index (χ2v) is 5.99. The maximum absolute atomic E-state index is 5.39. The Balaban J connectivity index is 1.64. The Hall–Kier alpha value is -3.48. The van der Waals surface area contributed by atoms with E-state index in [4.69, 9.17) is 14.2 Å². The molecule has 1 heterocycles. The Bertz CT molecular complexity index is 918. The third-order valence-corrected chi connectivity index (χ3v) is 4.16. The van der Waals surface area contributed by atoms with E-state index in [-0.39, 0.29) is 0 Å². The van der Waals surface area contributed by atoms with Crippen molar-refractivity contribution >= 4 is 17.5 Å². The van der Waals surface area contributed by atoms with Gasteiger partial charge in [0.15, 0.2) is 0 Å². The average molecular weight is 380 g/mol. The number of aromatic nitrogens is 2. The Morgan fingerprint density at radius 3 is 2.50 bits per heavy atom. The number of nitrogens with one attached hydrogen (secondary N) is 2. The molecule has 0 bridgehead atoms. The van der Waals surface area contributed by atoms with Crippen molar-refractivity contribution in [2.45, 2.75) is 6.42 Å². The van der Waals surface area contributed by atoms with Crippen LogP contribution in [0.4, 0.5) is 17.5 Å². The highest BCUT2D eigenvalue weighted by Gasteiger charge is 2.07. The summed E-state index contributed by atoms with van der Waals surface area (Å²) in [5, 5.41) is 6.50. The molecule has 1 aromatic heterocycles. The lowest BCUT2D eigenvalue weighted by Crippen LogP contribution is -2.09. The summed E-state index contributed by atoms with van der Waals surface area (Å²) in [6, 6.07) is 15.3. The molecule has 2 aromatic carbocycles. The van der Waals surface area contributed by atoms with Gasteiger partial charge in [-0.3, -0.25) is 0 Å². The number of anilines is 3. The fraction of sp³-hybridized carbons (Fsp3) is 0.238. The first-order valence-corrected chi connectivity index (χ1v) is 8.90. The first-order chi connectivity index (χ1) is 13.7. The lowest BCUT2D eigenvalue weighted by molar-refractivity contribution is 0.405. The molecular formula is C21H24N4O3. The number of benzene rings is 2. The Morgan fingerprint density at radius 1 is 0.893 bits per heavy atom. The van der Waals surface area contributed by atoms with E-state index in [9.17, 15) is 0 Å². The van der Waals surface area contributed by atoms with Gasteiger partial charge in [-0.1, -0.05) is 12.1 Å². The zero-order chi connectivity index (χ0) is 19.8. The van der Waals surface area contributed by atoms with Gasteiger partial charge in [0, 0.05) is 18.8 Å². The molecule has 7 nitrogen and oxygen atoms in total. The summed E-state index contributed by atoms with van der Waals surface area (Å²) < 4.78 is 15.9. The van der Waals surface area contributed by atoms with E-state index in [1.54, 1.807) is 33.6 Å². The Kier molecular flexibility index (Phi) is 6.51. The predicted molar refractivity (Wildman–Crippen MR) is 110 cm³/mol. The molecule has 0 spiro atoms. The zero-order valence-corrected chi connectivity index (χ0v) is 16.2. The summed E-state index contributed by atoms with van der Waals surface area (Å²) in [5.74, 6) is 3.49. The molecule has 0 radical (unpaired) electrons. The second kappa shape index (κ2) is 9.45. The minimum Gasteiger partial charge on any atom is -0.497 e. The van der Waals surface area contributed by atoms with E-state index in [2.05, 4.69) is 26.7 Å². The van der Waals surface area contributed by atoms with Gasteiger partial charge in [0.25, 0.3) is 0 Å². The summed E-state index contributed by atoms with van der Waals surface area (Å²) >= 11 is 0. The third kappa shape index (κ3) is 5.03. The molecule has 3 aromatic rings. The van der Waals surface area contributed by atoms with Crippen LogP contribution < -0.4 is 24.8 Å². The maximum Gasteiger partial charge on any atom is 0.224 e. The summed E-state index contributed by atoms with van der Waals surface area (Å²) in [6.45, 7) is 0.707. The second-order valence-electron chi connectivity index (χ2n) is 5.99. The molecule has 0 aliphatic rings. The van der Waals surface area contributed by atoms with Crippen LogP contribution in [0.1, 0.15) is 5.56 Å². The van der Waals surface area contributed by atoms with Gasteiger partial charge in [-0.25, -0.2) is 4.98 Å². The van der Waals surface area contributed by atoms with Crippen LogP contribution in [-0.4, -0.2) is 37.8 Å². The standard InChI is InChI=1S/C21H24N4O3/c1-26-16-6-4-5-15(13-16)9-11-22-21-23-12-10-20(25-21)24-18-14-17(27-2)7-8-19(18)28-3/h4-8,10,12-14H,9,11H2,1-3H3,(H2,22,23,24,25). The van der Waals surface area contributed by atoms with Crippen molar-refractivity contribution in [3.05, 3.63) is 60.3 Å². The van der Waals surface area contributed by atoms with Crippen LogP contribution in [-0.2, 0) is 6.42 Å². The lowest BCUT2D eigenvalue weighted by Gasteiger charge is -2.13. The monoisotopic (exact) mass is 380 g/mol. The molecule has 0 aliphatic carbocycles. The number of nitrogens with zero attached hydrogens (tertiary/aromatic N) is 2. The van der Waals surface area contributed by atoms with E-state index in [0.717, 1.165) is 23.6 Å². The number of methoxy groups -OCH3 is 3. The third-order valence-electron chi connectivity index (χ3n) is 4.16. The van der Waals surface area contributed by atoms with Crippen molar-refractivity contribution in [2.24, 2.45) is 0 Å². The molecule has 146 valence electrons. The molecule has 3 rings (SSSR count). The molecule has 0 atom stereocenters. The highest BCUT2D eigenvalue weighted by molar-refractivity contribution is 5.66. The van der Waals surface area contributed by atoms with E-state index >= 15 is 0 Å². The van der Waals surface area contributed by atoms with Crippen LogP contribution in [0.3, 0.4) is 0 Å². The summed E-state index contributed by atoms with van der Waals surface area (Å²) in [5.41, 5.74) is 1.95. The minimum atomic E-state index is 0.551. The first-order valence-electron chi connectivity index (χ1n) is 8.90. The number of hydrogen-bond donors (Lipinski definition) is 2. The largest absolute Gasteiger partial charge is 0.497 e. The number of rotatable bonds is 9. The van der Waals surface area contributed by atoms with Crippen molar-refractivity contribution in [2.75, 3.05) is 38.5 Å². The van der Waals surface area contributed by atoms with Crippen LogP contribution >= 0.6 is 0 Å². The van der Waals surface area contributed by atoms with Gasteiger partial charge >= 0.3 is 0 Å².